The Morgan fingerprint density at radius 3 is 2.90 bits per heavy atom. The molecule has 0 aliphatic heterocycles. The van der Waals surface area contributed by atoms with Crippen molar-refractivity contribution in [2.75, 3.05) is 0 Å². The van der Waals surface area contributed by atoms with Crippen LogP contribution in [-0.2, 0) is 7.05 Å². The van der Waals surface area contributed by atoms with Crippen molar-refractivity contribution < 1.29 is 5.21 Å². The minimum absolute atomic E-state index is 0.130. The molecule has 0 amide bonds. The Kier molecular flexibility index (Phi) is 4.34. The van der Waals surface area contributed by atoms with Crippen molar-refractivity contribution in [3.63, 3.8) is 0 Å². The van der Waals surface area contributed by atoms with Crippen LogP contribution in [-0.4, -0.2) is 25.8 Å². The predicted octanol–water partition coefficient (Wildman–Crippen LogP) is 0.368. The van der Waals surface area contributed by atoms with Gasteiger partial charge in [-0.15, -0.1) is 0 Å². The number of aryl methyl sites for hydroxylation is 1. The van der Waals surface area contributed by atoms with Crippen molar-refractivity contribution in [1.82, 2.24) is 14.8 Å². The molecule has 8 nitrogen and oxygen atoms in total. The normalized spacial score (nSPS) is 11.6. The summed E-state index contributed by atoms with van der Waals surface area (Å²) in [6.07, 6.45) is 0. The zero-order valence-electron chi connectivity index (χ0n) is 10.7. The Bertz CT molecular complexity index is 829. The fourth-order valence-electron chi connectivity index (χ4n) is 1.50. The number of hydrogen-bond donors (Lipinski definition) is 3. The molecular weight excluding hydrogens is 318 g/mol. The van der Waals surface area contributed by atoms with Gasteiger partial charge in [0.1, 0.15) is 0 Å². The van der Waals surface area contributed by atoms with Gasteiger partial charge in [-0.1, -0.05) is 16.8 Å². The second kappa shape index (κ2) is 6.02. The lowest BCUT2D eigenvalue weighted by molar-refractivity contribution is 0.318. The average molecular weight is 328 g/mol. The van der Waals surface area contributed by atoms with E-state index < -0.39 is 11.1 Å². The maximum atomic E-state index is 11.3. The second-order valence-electron chi connectivity index (χ2n) is 3.93. The van der Waals surface area contributed by atoms with Crippen LogP contribution >= 0.6 is 23.4 Å². The highest BCUT2D eigenvalue weighted by Crippen LogP contribution is 2.29. The molecular formula is C11H10ClN5O3S. The summed E-state index contributed by atoms with van der Waals surface area (Å²) >= 11 is 6.95. The number of benzene rings is 1. The van der Waals surface area contributed by atoms with Crippen LogP contribution < -0.4 is 16.9 Å². The Morgan fingerprint density at radius 1 is 1.52 bits per heavy atom. The van der Waals surface area contributed by atoms with E-state index >= 15 is 0 Å². The quantitative estimate of drug-likeness (QED) is 0.246. The molecule has 1 aromatic carbocycles. The molecule has 110 valence electrons. The number of H-pyrrole nitrogens is 1. The first-order chi connectivity index (χ1) is 9.92. The minimum Gasteiger partial charge on any atom is -0.409 e. The molecule has 1 heterocycles. The number of rotatable bonds is 3. The van der Waals surface area contributed by atoms with E-state index in [1.807, 2.05) is 0 Å². The zero-order valence-corrected chi connectivity index (χ0v) is 12.3. The number of amidine groups is 1. The Labute approximate surface area is 127 Å². The SMILES string of the molecule is Cn1[nH]c(=O)c(=O)nc1Sc1ccc(Cl)cc1/C(N)=N/O. The van der Waals surface area contributed by atoms with Gasteiger partial charge in [-0.2, -0.15) is 4.98 Å². The molecule has 4 N–H and O–H groups in total. The van der Waals surface area contributed by atoms with Gasteiger partial charge in [0.25, 0.3) is 0 Å². The van der Waals surface area contributed by atoms with E-state index in [1.54, 1.807) is 12.1 Å². The molecule has 0 unspecified atom stereocenters. The molecule has 0 atom stereocenters. The molecule has 2 aromatic rings. The van der Waals surface area contributed by atoms with Crippen LogP contribution in [0.3, 0.4) is 0 Å². The van der Waals surface area contributed by atoms with Gasteiger partial charge in [0.15, 0.2) is 11.0 Å². The van der Waals surface area contributed by atoms with Crippen LogP contribution in [0, 0.1) is 0 Å². The Balaban J connectivity index is 2.52. The number of nitrogens with one attached hydrogen (secondary N) is 1. The van der Waals surface area contributed by atoms with Gasteiger partial charge < -0.3 is 10.9 Å². The molecule has 0 spiro atoms. The lowest BCUT2D eigenvalue weighted by Gasteiger charge is -2.10. The highest BCUT2D eigenvalue weighted by molar-refractivity contribution is 7.99. The molecule has 0 saturated carbocycles. The maximum Gasteiger partial charge on any atom is 0.339 e. The van der Waals surface area contributed by atoms with E-state index in [2.05, 4.69) is 15.2 Å². The third-order valence-electron chi connectivity index (χ3n) is 2.47. The van der Waals surface area contributed by atoms with Gasteiger partial charge in [-0.3, -0.25) is 19.4 Å². The number of hydrogen-bond acceptors (Lipinski definition) is 6. The van der Waals surface area contributed by atoms with Crippen LogP contribution in [0.15, 0.2) is 43.0 Å². The summed E-state index contributed by atoms with van der Waals surface area (Å²) in [5, 5.41) is 14.7. The monoisotopic (exact) mass is 327 g/mol. The summed E-state index contributed by atoms with van der Waals surface area (Å²) in [6.45, 7) is 0. The third-order valence-corrected chi connectivity index (χ3v) is 3.83. The summed E-state index contributed by atoms with van der Waals surface area (Å²) in [6, 6.07) is 4.77. The van der Waals surface area contributed by atoms with Gasteiger partial charge in [-0.05, 0) is 30.0 Å². The van der Waals surface area contributed by atoms with Gasteiger partial charge >= 0.3 is 11.1 Å². The van der Waals surface area contributed by atoms with Crippen molar-refractivity contribution in [2.45, 2.75) is 10.1 Å². The zero-order chi connectivity index (χ0) is 15.6. The topological polar surface area (TPSA) is 126 Å². The summed E-state index contributed by atoms with van der Waals surface area (Å²) in [4.78, 5) is 26.7. The molecule has 0 fully saturated rings. The number of aromatic amines is 1. The van der Waals surface area contributed by atoms with Crippen molar-refractivity contribution in [2.24, 2.45) is 17.9 Å². The Hall–Kier alpha value is -2.26. The molecule has 21 heavy (non-hydrogen) atoms. The molecule has 0 aliphatic carbocycles. The van der Waals surface area contributed by atoms with Crippen molar-refractivity contribution in [3.05, 3.63) is 49.5 Å². The minimum atomic E-state index is -0.894. The molecule has 1 aromatic heterocycles. The van der Waals surface area contributed by atoms with Crippen LogP contribution in [0.4, 0.5) is 0 Å². The van der Waals surface area contributed by atoms with E-state index in [0.29, 0.717) is 15.5 Å². The standard InChI is InChI=1S/C11H10ClN5O3S/c1-17-11(14-9(18)10(19)15-17)21-7-3-2-5(12)4-6(7)8(13)16-20/h2-4,20H,1H3,(H2,13,16)(H,15,19). The average Bonchev–Trinajstić information content (AvgIpc) is 2.45. The van der Waals surface area contributed by atoms with Gasteiger partial charge in [0.2, 0.25) is 0 Å². The first-order valence-electron chi connectivity index (χ1n) is 5.55. The van der Waals surface area contributed by atoms with Crippen molar-refractivity contribution in [3.8, 4) is 0 Å². The third kappa shape index (κ3) is 3.26. The van der Waals surface area contributed by atoms with E-state index in [4.69, 9.17) is 22.5 Å². The van der Waals surface area contributed by atoms with Crippen LogP contribution in [0.2, 0.25) is 5.02 Å². The largest absolute Gasteiger partial charge is 0.409 e. The Morgan fingerprint density at radius 2 is 2.24 bits per heavy atom. The van der Waals surface area contributed by atoms with Crippen molar-refractivity contribution in [1.29, 1.82) is 0 Å². The first-order valence-corrected chi connectivity index (χ1v) is 6.74. The molecule has 0 aliphatic rings. The van der Waals surface area contributed by atoms with Crippen LogP contribution in [0.5, 0.6) is 0 Å². The molecule has 0 saturated heterocycles. The molecule has 10 heteroatoms. The highest BCUT2D eigenvalue weighted by atomic mass is 35.5. The van der Waals surface area contributed by atoms with Gasteiger partial charge in [0, 0.05) is 22.5 Å². The molecule has 0 bridgehead atoms. The fourth-order valence-corrected chi connectivity index (χ4v) is 2.58. The highest BCUT2D eigenvalue weighted by Gasteiger charge is 2.13. The summed E-state index contributed by atoms with van der Waals surface area (Å²) in [5.41, 5.74) is 4.27. The predicted molar refractivity (Wildman–Crippen MR) is 78.2 cm³/mol. The van der Waals surface area contributed by atoms with E-state index in [9.17, 15) is 9.59 Å². The fraction of sp³-hybridized carbons (Fsp3) is 0.0909. The van der Waals surface area contributed by atoms with Crippen LogP contribution in [0.1, 0.15) is 5.56 Å². The molecule has 0 radical (unpaired) electrons. The second-order valence-corrected chi connectivity index (χ2v) is 5.37. The molecule has 2 rings (SSSR count). The maximum absolute atomic E-state index is 11.3. The van der Waals surface area contributed by atoms with E-state index in [0.717, 1.165) is 11.8 Å². The summed E-state index contributed by atoms with van der Waals surface area (Å²) in [5.74, 6) is -0.130. The van der Waals surface area contributed by atoms with E-state index in [1.165, 1.54) is 17.8 Å². The van der Waals surface area contributed by atoms with Crippen molar-refractivity contribution >= 4 is 29.2 Å². The van der Waals surface area contributed by atoms with Crippen LogP contribution in [0.25, 0.3) is 0 Å². The number of halogens is 1. The number of aromatic nitrogens is 3. The smallest absolute Gasteiger partial charge is 0.339 e. The summed E-state index contributed by atoms with van der Waals surface area (Å²) in [7, 11) is 1.54. The van der Waals surface area contributed by atoms with Gasteiger partial charge in [-0.25, -0.2) is 0 Å². The van der Waals surface area contributed by atoms with Gasteiger partial charge in [0.05, 0.1) is 0 Å². The summed E-state index contributed by atoms with van der Waals surface area (Å²) < 4.78 is 1.30. The van der Waals surface area contributed by atoms with E-state index in [-0.39, 0.29) is 11.0 Å². The lowest BCUT2D eigenvalue weighted by atomic mass is 10.2. The lowest BCUT2D eigenvalue weighted by Crippen LogP contribution is -2.33. The number of nitrogens with zero attached hydrogens (tertiary/aromatic N) is 3. The number of oxime groups is 1. The first kappa shape index (κ1) is 15.1. The number of nitrogens with two attached hydrogens (primary N) is 1.